The van der Waals surface area contributed by atoms with Crippen LogP contribution in [0.1, 0.15) is 41.2 Å². The van der Waals surface area contributed by atoms with Crippen molar-refractivity contribution in [1.29, 1.82) is 0 Å². The minimum absolute atomic E-state index is 0.00256. The third-order valence-electron chi connectivity index (χ3n) is 6.86. The van der Waals surface area contributed by atoms with Gasteiger partial charge in [0.25, 0.3) is 5.91 Å². The van der Waals surface area contributed by atoms with Gasteiger partial charge in [-0.1, -0.05) is 12.1 Å². The van der Waals surface area contributed by atoms with Crippen LogP contribution in [-0.4, -0.2) is 66.3 Å². The van der Waals surface area contributed by atoms with Crippen molar-refractivity contribution >= 4 is 34.5 Å². The monoisotopic (exact) mass is 569 g/mol. The quantitative estimate of drug-likeness (QED) is 0.184. The van der Waals surface area contributed by atoms with E-state index in [2.05, 4.69) is 25.2 Å². The minimum atomic E-state index is -4.56. The molecule has 0 spiro atoms. The van der Waals surface area contributed by atoms with Crippen molar-refractivity contribution in [2.45, 2.75) is 31.5 Å². The van der Waals surface area contributed by atoms with Crippen LogP contribution >= 0.6 is 0 Å². The number of pyridine rings is 1. The van der Waals surface area contributed by atoms with Gasteiger partial charge in [-0.05, 0) is 43.7 Å². The van der Waals surface area contributed by atoms with Crippen LogP contribution in [0.25, 0.3) is 22.3 Å². The largest absolute Gasteiger partial charge is 0.416 e. The number of rotatable bonds is 8. The molecule has 1 aromatic carbocycles. The van der Waals surface area contributed by atoms with E-state index in [1.165, 1.54) is 18.5 Å². The number of likely N-dealkylation sites (tertiary alicyclic amines) is 1. The molecule has 5 rings (SSSR count). The Hall–Kier alpha value is -4.63. The molecule has 1 atom stereocenters. The van der Waals surface area contributed by atoms with Gasteiger partial charge in [0, 0.05) is 36.8 Å². The molecule has 1 fully saturated rings. The van der Waals surface area contributed by atoms with Crippen molar-refractivity contribution in [2.75, 3.05) is 30.7 Å². The number of nitrogens with zero attached hydrogens (tertiary/aromatic N) is 6. The predicted octanol–water partition coefficient (Wildman–Crippen LogP) is 3.27. The van der Waals surface area contributed by atoms with E-state index in [0.717, 1.165) is 31.3 Å². The second-order valence-corrected chi connectivity index (χ2v) is 9.59. The van der Waals surface area contributed by atoms with Crippen LogP contribution in [0.3, 0.4) is 0 Å². The first-order valence-corrected chi connectivity index (χ1v) is 12.7. The van der Waals surface area contributed by atoms with E-state index in [9.17, 15) is 22.8 Å². The number of nitrogen functional groups attached to an aromatic ring is 1. The summed E-state index contributed by atoms with van der Waals surface area (Å²) in [6.45, 7) is 2.17. The van der Waals surface area contributed by atoms with E-state index < -0.39 is 23.6 Å². The Kier molecular flexibility index (Phi) is 7.81. The lowest BCUT2D eigenvalue weighted by Crippen LogP contribution is -2.25. The molecule has 0 radical (unpaired) electrons. The number of carbonyl (C=O) groups excluding carboxylic acids is 2. The van der Waals surface area contributed by atoms with Crippen molar-refractivity contribution in [3.63, 3.8) is 0 Å². The summed E-state index contributed by atoms with van der Waals surface area (Å²) in [5, 5.41) is 16.5. The van der Waals surface area contributed by atoms with Gasteiger partial charge < -0.3 is 16.0 Å². The normalized spacial score (nSPS) is 15.8. The van der Waals surface area contributed by atoms with Crippen molar-refractivity contribution in [3.8, 4) is 11.3 Å². The number of hydrogen-bond donors (Lipinski definition) is 4. The molecule has 4 aromatic rings. The molecule has 15 heteroatoms. The van der Waals surface area contributed by atoms with Crippen LogP contribution in [0, 0.1) is 0 Å². The predicted molar refractivity (Wildman–Crippen MR) is 142 cm³/mol. The Morgan fingerprint density at radius 2 is 1.90 bits per heavy atom. The van der Waals surface area contributed by atoms with Gasteiger partial charge in [-0.2, -0.15) is 18.3 Å². The van der Waals surface area contributed by atoms with Crippen LogP contribution in [0.4, 0.5) is 24.8 Å². The van der Waals surface area contributed by atoms with Crippen molar-refractivity contribution in [2.24, 2.45) is 0 Å². The maximum atomic E-state index is 13.0. The summed E-state index contributed by atoms with van der Waals surface area (Å²) >= 11 is 0. The summed E-state index contributed by atoms with van der Waals surface area (Å²) < 4.78 is 40.8. The number of anilines is 2. The van der Waals surface area contributed by atoms with Gasteiger partial charge in [0.05, 0.1) is 17.0 Å². The first kappa shape index (κ1) is 27.9. The second-order valence-electron chi connectivity index (χ2n) is 9.59. The number of aromatic nitrogens is 5. The van der Waals surface area contributed by atoms with Gasteiger partial charge in [0.1, 0.15) is 23.7 Å². The number of nitrogens with two attached hydrogens (primary N) is 1. The minimum Gasteiger partial charge on any atom is -0.383 e. The fraction of sp³-hybridized carbons (Fsp3) is 0.308. The lowest BCUT2D eigenvalue weighted by molar-refractivity contribution is -0.137. The molecule has 41 heavy (non-hydrogen) atoms. The maximum Gasteiger partial charge on any atom is 0.416 e. The van der Waals surface area contributed by atoms with Gasteiger partial charge in [-0.3, -0.25) is 14.8 Å². The molecule has 1 saturated heterocycles. The highest BCUT2D eigenvalue weighted by atomic mass is 19.4. The average Bonchev–Trinajstić information content (AvgIpc) is 3.58. The fourth-order valence-corrected chi connectivity index (χ4v) is 4.83. The third kappa shape index (κ3) is 6.10. The first-order valence-electron chi connectivity index (χ1n) is 12.7. The number of halogens is 3. The first-order chi connectivity index (χ1) is 19.6. The van der Waals surface area contributed by atoms with E-state index in [1.807, 2.05) is 4.68 Å². The van der Waals surface area contributed by atoms with Gasteiger partial charge in [-0.25, -0.2) is 25.1 Å². The van der Waals surface area contributed by atoms with Gasteiger partial charge in [0.15, 0.2) is 5.65 Å². The number of nitrogens with one attached hydrogen (secondary N) is 2. The van der Waals surface area contributed by atoms with Crippen molar-refractivity contribution < 1.29 is 28.0 Å². The van der Waals surface area contributed by atoms with Crippen LogP contribution in [0.2, 0.25) is 0 Å². The number of hydrogen-bond acceptors (Lipinski definition) is 9. The van der Waals surface area contributed by atoms with E-state index in [4.69, 9.17) is 16.0 Å². The average molecular weight is 570 g/mol. The van der Waals surface area contributed by atoms with Crippen LogP contribution in [-0.2, 0) is 11.0 Å². The summed E-state index contributed by atoms with van der Waals surface area (Å²) in [7, 11) is 0. The molecule has 0 bridgehead atoms. The van der Waals surface area contributed by atoms with Crippen LogP contribution in [0.5, 0.6) is 0 Å². The maximum absolute atomic E-state index is 13.0. The summed E-state index contributed by atoms with van der Waals surface area (Å²) in [4.78, 5) is 38.5. The Morgan fingerprint density at radius 1 is 1.12 bits per heavy atom. The van der Waals surface area contributed by atoms with Crippen LogP contribution in [0.15, 0.2) is 48.9 Å². The molecular formula is C26H26F3N9O3. The number of fused-ring (bicyclic) bond motifs is 1. The third-order valence-corrected chi connectivity index (χ3v) is 6.86. The number of hydroxylamine groups is 1. The SMILES string of the molecule is Nc1ncnc2c1c(-c1ccc(C(=O)Nc3cc(C(F)(F)F)ccn3)cc1)nn2C1CCN(CCCC(=O)NO)C1. The molecule has 1 unspecified atom stereocenters. The molecule has 214 valence electrons. The number of benzene rings is 1. The molecule has 3 aromatic heterocycles. The van der Waals surface area contributed by atoms with Gasteiger partial charge in [0.2, 0.25) is 5.91 Å². The number of alkyl halides is 3. The molecule has 12 nitrogen and oxygen atoms in total. The highest BCUT2D eigenvalue weighted by Crippen LogP contribution is 2.34. The molecule has 0 aliphatic carbocycles. The van der Waals surface area contributed by atoms with Crippen molar-refractivity contribution in [3.05, 3.63) is 60.0 Å². The van der Waals surface area contributed by atoms with E-state index >= 15 is 0 Å². The lowest BCUT2D eigenvalue weighted by atomic mass is 10.1. The number of carbonyl (C=O) groups is 2. The highest BCUT2D eigenvalue weighted by molar-refractivity contribution is 6.04. The Labute approximate surface area is 231 Å². The van der Waals surface area contributed by atoms with E-state index in [1.54, 1.807) is 17.6 Å². The Bertz CT molecular complexity index is 1570. The summed E-state index contributed by atoms with van der Waals surface area (Å²) in [5.41, 5.74) is 8.90. The fourth-order valence-electron chi connectivity index (χ4n) is 4.83. The summed E-state index contributed by atoms with van der Waals surface area (Å²) in [5.74, 6) is -1.01. The Balaban J connectivity index is 1.34. The topological polar surface area (TPSA) is 164 Å². The number of amides is 2. The summed E-state index contributed by atoms with van der Waals surface area (Å²) in [6, 6.07) is 7.99. The van der Waals surface area contributed by atoms with Gasteiger partial charge >= 0.3 is 6.18 Å². The summed E-state index contributed by atoms with van der Waals surface area (Å²) in [6.07, 6.45) is -0.584. The second kappa shape index (κ2) is 11.5. The molecule has 1 aliphatic heterocycles. The molecule has 1 aliphatic rings. The lowest BCUT2D eigenvalue weighted by Gasteiger charge is -2.16. The zero-order valence-electron chi connectivity index (χ0n) is 21.6. The molecule has 2 amide bonds. The Morgan fingerprint density at radius 3 is 2.63 bits per heavy atom. The van der Waals surface area contributed by atoms with Gasteiger partial charge in [-0.15, -0.1) is 0 Å². The molecule has 5 N–H and O–H groups in total. The van der Waals surface area contributed by atoms with Crippen LogP contribution < -0.4 is 16.5 Å². The van der Waals surface area contributed by atoms with Crippen molar-refractivity contribution in [1.82, 2.24) is 35.1 Å². The molecule has 0 saturated carbocycles. The molecule has 4 heterocycles. The zero-order valence-corrected chi connectivity index (χ0v) is 21.6. The standard InChI is InChI=1S/C26H26F3N9O3/c27-26(28,29)17-7-9-31-19(12-17)34-25(40)16-5-3-15(4-6-16)22-21-23(30)32-14-33-24(21)38(35-22)18-8-11-37(13-18)10-1-2-20(39)36-41/h3-7,9,12,14,18,41H,1-2,8,10-11,13H2,(H,36,39)(H2,30,32,33)(H,31,34,40). The highest BCUT2D eigenvalue weighted by Gasteiger charge is 2.31. The van der Waals surface area contributed by atoms with E-state index in [0.29, 0.717) is 41.8 Å². The van der Waals surface area contributed by atoms with E-state index in [-0.39, 0.29) is 29.7 Å². The molecular weight excluding hydrogens is 543 g/mol. The zero-order chi connectivity index (χ0) is 29.1. The smallest absolute Gasteiger partial charge is 0.383 e.